The number of anilines is 1. The monoisotopic (exact) mass is 312 g/mol. The number of ether oxygens (including phenoxy) is 1. The normalized spacial score (nSPS) is 11.6. The summed E-state index contributed by atoms with van der Waals surface area (Å²) in [6.45, 7) is 1.83. The van der Waals surface area contributed by atoms with E-state index in [-0.39, 0.29) is 34.9 Å². The molecule has 1 N–H and O–H groups in total. The number of nitro groups is 1. The lowest BCUT2D eigenvalue weighted by molar-refractivity contribution is -0.384. The first-order valence-corrected chi connectivity index (χ1v) is 6.93. The van der Waals surface area contributed by atoms with Gasteiger partial charge < -0.3 is 4.74 Å². The highest BCUT2D eigenvalue weighted by atomic mass is 16.6. The van der Waals surface area contributed by atoms with E-state index in [2.05, 4.69) is 5.32 Å². The molecule has 1 aliphatic rings. The van der Waals surface area contributed by atoms with Crippen LogP contribution in [0.1, 0.15) is 22.8 Å². The molecule has 0 unspecified atom stereocenters. The molecule has 2 aromatic rings. The van der Waals surface area contributed by atoms with Gasteiger partial charge in [-0.3, -0.25) is 20.2 Å². The average Bonchev–Trinajstić information content (AvgIpc) is 2.82. The molecule has 0 spiro atoms. The topological polar surface area (TPSA) is 98.5 Å². The van der Waals surface area contributed by atoms with E-state index in [1.54, 1.807) is 31.2 Å². The number of hydrogen-bond donors (Lipinski definition) is 1. The standard InChI is InChI=1S/C16H12N2O5/c1-2-23-16(20)17-11-7-8-12(18(21)22)13-9-5-3-4-6-10(9)15(19)14(11)13/h3-8H,2H2,1H3,(H,17,20). The first-order chi connectivity index (χ1) is 11.0. The summed E-state index contributed by atoms with van der Waals surface area (Å²) < 4.78 is 4.80. The zero-order valence-corrected chi connectivity index (χ0v) is 12.2. The molecule has 0 saturated carbocycles. The summed E-state index contributed by atoms with van der Waals surface area (Å²) in [7, 11) is 0. The Hall–Kier alpha value is -3.22. The molecular formula is C16H12N2O5. The maximum Gasteiger partial charge on any atom is 0.411 e. The molecule has 2 aromatic carbocycles. The minimum Gasteiger partial charge on any atom is -0.450 e. The minimum atomic E-state index is -0.715. The van der Waals surface area contributed by atoms with Crippen molar-refractivity contribution in [3.05, 3.63) is 57.6 Å². The molecule has 7 nitrogen and oxygen atoms in total. The first-order valence-electron chi connectivity index (χ1n) is 6.93. The molecule has 0 saturated heterocycles. The van der Waals surface area contributed by atoms with E-state index in [4.69, 9.17) is 4.74 Å². The van der Waals surface area contributed by atoms with Crippen LogP contribution in [-0.2, 0) is 4.74 Å². The molecule has 0 atom stereocenters. The van der Waals surface area contributed by atoms with Gasteiger partial charge in [-0.05, 0) is 13.0 Å². The summed E-state index contributed by atoms with van der Waals surface area (Å²) in [5, 5.41) is 13.8. The number of benzene rings is 2. The smallest absolute Gasteiger partial charge is 0.411 e. The number of nitro benzene ring substituents is 1. The van der Waals surface area contributed by atoms with Crippen LogP contribution in [0.25, 0.3) is 11.1 Å². The van der Waals surface area contributed by atoms with Crippen molar-refractivity contribution in [1.29, 1.82) is 0 Å². The van der Waals surface area contributed by atoms with E-state index < -0.39 is 11.0 Å². The van der Waals surface area contributed by atoms with Crippen LogP contribution in [0.15, 0.2) is 36.4 Å². The third kappa shape index (κ3) is 2.32. The van der Waals surface area contributed by atoms with Crippen LogP contribution in [0.4, 0.5) is 16.2 Å². The Morgan fingerprint density at radius 2 is 1.87 bits per heavy atom. The summed E-state index contributed by atoms with van der Waals surface area (Å²) in [4.78, 5) is 35.0. The molecular weight excluding hydrogens is 300 g/mol. The van der Waals surface area contributed by atoms with Crippen molar-refractivity contribution in [1.82, 2.24) is 0 Å². The van der Waals surface area contributed by atoms with Crippen LogP contribution in [0.3, 0.4) is 0 Å². The van der Waals surface area contributed by atoms with Gasteiger partial charge in [0.15, 0.2) is 5.78 Å². The van der Waals surface area contributed by atoms with Crippen molar-refractivity contribution < 1.29 is 19.2 Å². The van der Waals surface area contributed by atoms with E-state index in [0.717, 1.165) is 0 Å². The fourth-order valence-corrected chi connectivity index (χ4v) is 2.67. The minimum absolute atomic E-state index is 0.119. The van der Waals surface area contributed by atoms with E-state index in [1.165, 1.54) is 12.1 Å². The molecule has 0 bridgehead atoms. The largest absolute Gasteiger partial charge is 0.450 e. The van der Waals surface area contributed by atoms with Crippen LogP contribution >= 0.6 is 0 Å². The summed E-state index contributed by atoms with van der Waals surface area (Å²) in [5.41, 5.74) is 1.24. The van der Waals surface area contributed by atoms with Gasteiger partial charge in [-0.25, -0.2) is 4.79 Å². The van der Waals surface area contributed by atoms with Gasteiger partial charge in [0, 0.05) is 17.2 Å². The molecule has 0 fully saturated rings. The van der Waals surface area contributed by atoms with Crippen molar-refractivity contribution >= 4 is 23.3 Å². The Morgan fingerprint density at radius 3 is 2.52 bits per heavy atom. The SMILES string of the molecule is CCOC(=O)Nc1ccc([N+](=O)[O-])c2c1C(=O)c1ccccc1-2. The second kappa shape index (κ2) is 5.53. The fourth-order valence-electron chi connectivity index (χ4n) is 2.67. The van der Waals surface area contributed by atoms with E-state index in [9.17, 15) is 19.7 Å². The number of carbonyl (C=O) groups is 2. The zero-order valence-electron chi connectivity index (χ0n) is 12.2. The summed E-state index contributed by atoms with van der Waals surface area (Å²) in [6.07, 6.45) is -0.715. The lowest BCUT2D eigenvalue weighted by atomic mass is 10.0. The lowest BCUT2D eigenvalue weighted by Gasteiger charge is -2.09. The highest BCUT2D eigenvalue weighted by molar-refractivity contribution is 6.26. The number of ketones is 1. The average molecular weight is 312 g/mol. The Kier molecular flexibility index (Phi) is 3.53. The van der Waals surface area contributed by atoms with E-state index in [1.807, 2.05) is 0 Å². The van der Waals surface area contributed by atoms with Crippen molar-refractivity contribution in [3.63, 3.8) is 0 Å². The van der Waals surface area contributed by atoms with Gasteiger partial charge in [-0.1, -0.05) is 24.3 Å². The lowest BCUT2D eigenvalue weighted by Crippen LogP contribution is -2.15. The summed E-state index contributed by atoms with van der Waals surface area (Å²) in [5.74, 6) is -0.355. The first kappa shape index (κ1) is 14.7. The third-order valence-electron chi connectivity index (χ3n) is 3.56. The molecule has 0 heterocycles. The van der Waals surface area contributed by atoms with Crippen LogP contribution in [0.2, 0.25) is 0 Å². The highest BCUT2D eigenvalue weighted by Gasteiger charge is 2.35. The quantitative estimate of drug-likeness (QED) is 0.590. The third-order valence-corrected chi connectivity index (χ3v) is 3.56. The van der Waals surface area contributed by atoms with Gasteiger partial charge >= 0.3 is 6.09 Å². The molecule has 0 aromatic heterocycles. The van der Waals surface area contributed by atoms with Gasteiger partial charge in [0.25, 0.3) is 5.69 Å². The molecule has 116 valence electrons. The molecule has 1 aliphatic carbocycles. The predicted molar refractivity (Wildman–Crippen MR) is 82.6 cm³/mol. The highest BCUT2D eigenvalue weighted by Crippen LogP contribution is 2.45. The van der Waals surface area contributed by atoms with E-state index in [0.29, 0.717) is 11.1 Å². The Labute approximate surface area is 131 Å². The predicted octanol–water partition coefficient (Wildman–Crippen LogP) is 3.37. The number of fused-ring (bicyclic) bond motifs is 3. The molecule has 23 heavy (non-hydrogen) atoms. The number of nitrogens with zero attached hydrogens (tertiary/aromatic N) is 1. The molecule has 0 aliphatic heterocycles. The molecule has 7 heteroatoms. The van der Waals surface area contributed by atoms with Gasteiger partial charge in [-0.2, -0.15) is 0 Å². The second-order valence-electron chi connectivity index (χ2n) is 4.86. The van der Waals surface area contributed by atoms with Crippen molar-refractivity contribution in [3.8, 4) is 11.1 Å². The van der Waals surface area contributed by atoms with Crippen LogP contribution < -0.4 is 5.32 Å². The van der Waals surface area contributed by atoms with E-state index >= 15 is 0 Å². The summed E-state index contributed by atoms with van der Waals surface area (Å²) >= 11 is 0. The zero-order chi connectivity index (χ0) is 16.6. The number of carbonyl (C=O) groups excluding carboxylic acids is 2. The molecule has 3 rings (SSSR count). The van der Waals surface area contributed by atoms with Crippen LogP contribution in [-0.4, -0.2) is 23.4 Å². The van der Waals surface area contributed by atoms with Gasteiger partial charge in [0.1, 0.15) is 0 Å². The Bertz CT molecular complexity index is 844. The van der Waals surface area contributed by atoms with Gasteiger partial charge in [-0.15, -0.1) is 0 Å². The van der Waals surface area contributed by atoms with Crippen molar-refractivity contribution in [2.75, 3.05) is 11.9 Å². The molecule has 0 radical (unpaired) electrons. The fraction of sp³-hybridized carbons (Fsp3) is 0.125. The Morgan fingerprint density at radius 1 is 1.17 bits per heavy atom. The number of rotatable bonds is 3. The van der Waals surface area contributed by atoms with Crippen molar-refractivity contribution in [2.45, 2.75) is 6.92 Å². The number of amides is 1. The maximum atomic E-state index is 12.6. The number of nitrogens with one attached hydrogen (secondary N) is 1. The number of hydrogen-bond acceptors (Lipinski definition) is 5. The summed E-state index contributed by atoms with van der Waals surface area (Å²) in [6, 6.07) is 9.27. The molecule has 1 amide bonds. The Balaban J connectivity index is 2.21. The second-order valence-corrected chi connectivity index (χ2v) is 4.86. The van der Waals surface area contributed by atoms with Crippen LogP contribution in [0.5, 0.6) is 0 Å². The van der Waals surface area contributed by atoms with Gasteiger partial charge in [0.05, 0.1) is 28.3 Å². The maximum absolute atomic E-state index is 12.6. The van der Waals surface area contributed by atoms with Crippen LogP contribution in [0, 0.1) is 10.1 Å². The van der Waals surface area contributed by atoms with Gasteiger partial charge in [0.2, 0.25) is 0 Å². The van der Waals surface area contributed by atoms with Crippen molar-refractivity contribution in [2.24, 2.45) is 0 Å².